The Kier molecular flexibility index (Phi) is 3.66. The molecule has 0 saturated heterocycles. The fraction of sp³-hybridized carbons (Fsp3) is 0.429. The molecule has 3 nitrogen and oxygen atoms in total. The number of carbonyl (C=O) groups is 1. The Balaban J connectivity index is 2.20. The summed E-state index contributed by atoms with van der Waals surface area (Å²) in [6.45, 7) is 6.04. The summed E-state index contributed by atoms with van der Waals surface area (Å²) in [6, 6.07) is 8.02. The molecule has 1 aromatic carbocycles. The highest BCUT2D eigenvalue weighted by Gasteiger charge is 2.30. The van der Waals surface area contributed by atoms with Gasteiger partial charge in [0.05, 0.1) is 27.2 Å². The van der Waals surface area contributed by atoms with Crippen molar-refractivity contribution in [1.29, 1.82) is 0 Å². The van der Waals surface area contributed by atoms with Crippen LogP contribution in [0.4, 0.5) is 0 Å². The number of aromatic nitrogens is 1. The van der Waals surface area contributed by atoms with Gasteiger partial charge in [0, 0.05) is 6.42 Å². The predicted octanol–water partition coefficient (Wildman–Crippen LogP) is 3.43. The lowest BCUT2D eigenvalue weighted by molar-refractivity contribution is -0.153. The zero-order chi connectivity index (χ0) is 13.2. The van der Waals surface area contributed by atoms with Crippen molar-refractivity contribution < 1.29 is 9.53 Å². The van der Waals surface area contributed by atoms with Gasteiger partial charge < -0.3 is 4.74 Å². The van der Waals surface area contributed by atoms with E-state index in [4.69, 9.17) is 4.74 Å². The van der Waals surface area contributed by atoms with Crippen LogP contribution in [-0.2, 0) is 16.0 Å². The normalized spacial score (nSPS) is 11.7. The second-order valence-electron chi connectivity index (χ2n) is 4.86. The maximum atomic E-state index is 11.8. The van der Waals surface area contributed by atoms with Crippen LogP contribution in [0.3, 0.4) is 0 Å². The van der Waals surface area contributed by atoms with Gasteiger partial charge in [-0.25, -0.2) is 4.98 Å². The lowest BCUT2D eigenvalue weighted by Crippen LogP contribution is -2.28. The van der Waals surface area contributed by atoms with Gasteiger partial charge in [0.1, 0.15) is 0 Å². The fourth-order valence-electron chi connectivity index (χ4n) is 1.77. The molecule has 0 aliphatic heterocycles. The molecule has 1 heterocycles. The standard InChI is InChI=1S/C14H17NO2S/c1-4-17-13(16)14(2,3)9-12-15-10-7-5-6-8-11(10)18-12/h5-8H,4,9H2,1-3H3. The maximum absolute atomic E-state index is 11.8. The minimum atomic E-state index is -0.524. The van der Waals surface area contributed by atoms with Crippen LogP contribution in [0.5, 0.6) is 0 Å². The molecule has 1 aromatic heterocycles. The van der Waals surface area contributed by atoms with Gasteiger partial charge in [0.15, 0.2) is 0 Å². The number of benzene rings is 1. The van der Waals surface area contributed by atoms with Crippen molar-refractivity contribution in [3.63, 3.8) is 0 Å². The molecule has 0 atom stereocenters. The zero-order valence-electron chi connectivity index (χ0n) is 10.9. The molecule has 4 heteroatoms. The quantitative estimate of drug-likeness (QED) is 0.793. The summed E-state index contributed by atoms with van der Waals surface area (Å²) in [4.78, 5) is 16.4. The van der Waals surface area contributed by atoms with Gasteiger partial charge in [-0.1, -0.05) is 12.1 Å². The molecule has 0 N–H and O–H groups in total. The molecule has 0 fully saturated rings. The summed E-state index contributed by atoms with van der Waals surface area (Å²) in [5.74, 6) is -0.163. The number of nitrogens with zero attached hydrogens (tertiary/aromatic N) is 1. The monoisotopic (exact) mass is 263 g/mol. The van der Waals surface area contributed by atoms with Gasteiger partial charge in [0.25, 0.3) is 0 Å². The Hall–Kier alpha value is -1.42. The number of ether oxygens (including phenoxy) is 1. The summed E-state index contributed by atoms with van der Waals surface area (Å²) in [5, 5.41) is 0.981. The van der Waals surface area contributed by atoms with Gasteiger partial charge in [0.2, 0.25) is 0 Å². The van der Waals surface area contributed by atoms with Crippen molar-refractivity contribution in [2.75, 3.05) is 6.61 Å². The molecule has 0 radical (unpaired) electrons. The minimum Gasteiger partial charge on any atom is -0.466 e. The zero-order valence-corrected chi connectivity index (χ0v) is 11.7. The highest BCUT2D eigenvalue weighted by atomic mass is 32.1. The first-order valence-electron chi connectivity index (χ1n) is 6.04. The summed E-state index contributed by atoms with van der Waals surface area (Å²) < 4.78 is 6.25. The average molecular weight is 263 g/mol. The first-order valence-corrected chi connectivity index (χ1v) is 6.86. The minimum absolute atomic E-state index is 0.163. The number of carbonyl (C=O) groups excluding carboxylic acids is 1. The van der Waals surface area contributed by atoms with Gasteiger partial charge in [-0.3, -0.25) is 4.79 Å². The van der Waals surface area contributed by atoms with Crippen molar-refractivity contribution in [2.45, 2.75) is 27.2 Å². The van der Waals surface area contributed by atoms with Crippen LogP contribution in [0.1, 0.15) is 25.8 Å². The molecule has 96 valence electrons. The van der Waals surface area contributed by atoms with Crippen LogP contribution in [0.25, 0.3) is 10.2 Å². The fourth-order valence-corrected chi connectivity index (χ4v) is 2.97. The van der Waals surface area contributed by atoms with Crippen LogP contribution >= 0.6 is 11.3 Å². The molecule has 18 heavy (non-hydrogen) atoms. The molecule has 2 rings (SSSR count). The number of hydrogen-bond donors (Lipinski definition) is 0. The van der Waals surface area contributed by atoms with Crippen molar-refractivity contribution >= 4 is 27.5 Å². The van der Waals surface area contributed by atoms with Gasteiger partial charge in [-0.15, -0.1) is 11.3 Å². The Morgan fingerprint density at radius 1 is 1.39 bits per heavy atom. The van der Waals surface area contributed by atoms with E-state index in [1.807, 2.05) is 45.0 Å². The average Bonchev–Trinajstić information content (AvgIpc) is 2.70. The Labute approximate surface area is 111 Å². The van der Waals surface area contributed by atoms with Crippen LogP contribution in [0.15, 0.2) is 24.3 Å². The molecular weight excluding hydrogens is 246 g/mol. The first kappa shape index (κ1) is 13.0. The summed E-state index contributed by atoms with van der Waals surface area (Å²) in [5.41, 5.74) is 0.473. The summed E-state index contributed by atoms with van der Waals surface area (Å²) >= 11 is 1.64. The summed E-state index contributed by atoms with van der Waals surface area (Å²) in [7, 11) is 0. The third kappa shape index (κ3) is 2.70. The van der Waals surface area contributed by atoms with E-state index in [0.29, 0.717) is 13.0 Å². The highest BCUT2D eigenvalue weighted by Crippen LogP contribution is 2.29. The van der Waals surface area contributed by atoms with E-state index in [9.17, 15) is 4.79 Å². The van der Waals surface area contributed by atoms with Gasteiger partial charge >= 0.3 is 5.97 Å². The molecule has 0 aliphatic carbocycles. The number of esters is 1. The SMILES string of the molecule is CCOC(=O)C(C)(C)Cc1nc2ccccc2s1. The van der Waals surface area contributed by atoms with Crippen molar-refractivity contribution in [3.05, 3.63) is 29.3 Å². The molecule has 0 aliphatic rings. The number of para-hydroxylation sites is 1. The second kappa shape index (κ2) is 5.06. The predicted molar refractivity (Wildman–Crippen MR) is 73.7 cm³/mol. The molecule has 0 unspecified atom stereocenters. The maximum Gasteiger partial charge on any atom is 0.311 e. The third-order valence-corrected chi connectivity index (χ3v) is 3.80. The molecule has 2 aromatic rings. The number of rotatable bonds is 4. The molecule has 0 saturated carbocycles. The van der Waals surface area contributed by atoms with E-state index in [2.05, 4.69) is 4.98 Å². The van der Waals surface area contributed by atoms with E-state index in [1.165, 1.54) is 0 Å². The van der Waals surface area contributed by atoms with E-state index < -0.39 is 5.41 Å². The van der Waals surface area contributed by atoms with Crippen LogP contribution in [0, 0.1) is 5.41 Å². The summed E-state index contributed by atoms with van der Waals surface area (Å²) in [6.07, 6.45) is 0.616. The smallest absolute Gasteiger partial charge is 0.311 e. The third-order valence-electron chi connectivity index (χ3n) is 2.76. The van der Waals surface area contributed by atoms with Gasteiger partial charge in [-0.05, 0) is 32.9 Å². The van der Waals surface area contributed by atoms with Crippen LogP contribution < -0.4 is 0 Å². The lowest BCUT2D eigenvalue weighted by atomic mass is 9.90. The molecule has 0 amide bonds. The Morgan fingerprint density at radius 2 is 2.11 bits per heavy atom. The molecule has 0 bridgehead atoms. The van der Waals surface area contributed by atoms with Crippen molar-refractivity contribution in [3.8, 4) is 0 Å². The molecular formula is C14H17NO2S. The lowest BCUT2D eigenvalue weighted by Gasteiger charge is -2.20. The van der Waals surface area contributed by atoms with E-state index in [0.717, 1.165) is 15.2 Å². The first-order chi connectivity index (χ1) is 8.53. The second-order valence-corrected chi connectivity index (χ2v) is 5.97. The van der Waals surface area contributed by atoms with E-state index >= 15 is 0 Å². The van der Waals surface area contributed by atoms with Crippen LogP contribution in [-0.4, -0.2) is 17.6 Å². The largest absolute Gasteiger partial charge is 0.466 e. The van der Waals surface area contributed by atoms with E-state index in [1.54, 1.807) is 11.3 Å². The Bertz CT molecular complexity index is 527. The number of hydrogen-bond acceptors (Lipinski definition) is 4. The van der Waals surface area contributed by atoms with E-state index in [-0.39, 0.29) is 5.97 Å². The van der Waals surface area contributed by atoms with Crippen molar-refractivity contribution in [2.24, 2.45) is 5.41 Å². The Morgan fingerprint density at radius 3 is 2.78 bits per heavy atom. The number of thiazole rings is 1. The molecule has 0 spiro atoms. The van der Waals surface area contributed by atoms with Gasteiger partial charge in [-0.2, -0.15) is 0 Å². The van der Waals surface area contributed by atoms with Crippen LogP contribution in [0.2, 0.25) is 0 Å². The number of fused-ring (bicyclic) bond motifs is 1. The van der Waals surface area contributed by atoms with Crippen molar-refractivity contribution in [1.82, 2.24) is 4.98 Å². The topological polar surface area (TPSA) is 39.2 Å². The highest BCUT2D eigenvalue weighted by molar-refractivity contribution is 7.18.